The summed E-state index contributed by atoms with van der Waals surface area (Å²) in [4.78, 5) is 1.11. The second-order valence-corrected chi connectivity index (χ2v) is 4.80. The molecule has 0 aliphatic heterocycles. The van der Waals surface area contributed by atoms with Crippen molar-refractivity contribution >= 4 is 11.8 Å². The van der Waals surface area contributed by atoms with Crippen LogP contribution in [0.5, 0.6) is 5.75 Å². The van der Waals surface area contributed by atoms with Crippen LogP contribution in [0, 0.1) is 17.2 Å². The van der Waals surface area contributed by atoms with E-state index in [0.717, 1.165) is 10.6 Å². The third kappa shape index (κ3) is 3.49. The summed E-state index contributed by atoms with van der Waals surface area (Å²) in [5.74, 6) is 1.21. The standard InChI is InChI=1S/C12H15NOS/c1-9(2)12(8-13)15-11-6-4-10(14-3)5-7-11/h4-7,9,12H,1-3H3. The van der Waals surface area contributed by atoms with Crippen LogP contribution in [-0.4, -0.2) is 12.4 Å². The number of thioether (sulfide) groups is 1. The Morgan fingerprint density at radius 2 is 1.87 bits per heavy atom. The fourth-order valence-corrected chi connectivity index (χ4v) is 2.02. The Labute approximate surface area is 95.3 Å². The zero-order chi connectivity index (χ0) is 11.3. The van der Waals surface area contributed by atoms with E-state index in [1.807, 2.05) is 24.3 Å². The van der Waals surface area contributed by atoms with E-state index in [-0.39, 0.29) is 5.25 Å². The number of benzene rings is 1. The number of methoxy groups -OCH3 is 1. The summed E-state index contributed by atoms with van der Waals surface area (Å²) in [7, 11) is 1.65. The Bertz CT molecular complexity index is 340. The Morgan fingerprint density at radius 3 is 2.27 bits per heavy atom. The summed E-state index contributed by atoms with van der Waals surface area (Å²) in [6, 6.07) is 10.1. The molecule has 1 unspecified atom stereocenters. The first kappa shape index (κ1) is 11.9. The molecule has 1 atom stereocenters. The van der Waals surface area contributed by atoms with Gasteiger partial charge in [0.25, 0.3) is 0 Å². The molecule has 0 N–H and O–H groups in total. The number of rotatable bonds is 4. The molecule has 2 nitrogen and oxygen atoms in total. The van der Waals surface area contributed by atoms with Gasteiger partial charge in [-0.05, 0) is 30.2 Å². The van der Waals surface area contributed by atoms with Gasteiger partial charge in [-0.3, -0.25) is 0 Å². The van der Waals surface area contributed by atoms with Crippen molar-refractivity contribution < 1.29 is 4.74 Å². The van der Waals surface area contributed by atoms with Crippen molar-refractivity contribution in [3.63, 3.8) is 0 Å². The van der Waals surface area contributed by atoms with E-state index >= 15 is 0 Å². The van der Waals surface area contributed by atoms with E-state index < -0.39 is 0 Å². The largest absolute Gasteiger partial charge is 0.497 e. The number of ether oxygens (including phenoxy) is 1. The minimum absolute atomic E-state index is 0.0124. The third-order valence-electron chi connectivity index (χ3n) is 2.06. The molecule has 0 aliphatic rings. The quantitative estimate of drug-likeness (QED) is 0.731. The Balaban J connectivity index is 2.68. The predicted molar refractivity (Wildman–Crippen MR) is 63.1 cm³/mol. The van der Waals surface area contributed by atoms with Gasteiger partial charge >= 0.3 is 0 Å². The lowest BCUT2D eigenvalue weighted by Gasteiger charge is -2.12. The Kier molecular flexibility index (Phi) is 4.51. The van der Waals surface area contributed by atoms with Gasteiger partial charge in [0.1, 0.15) is 5.75 Å². The number of nitriles is 1. The second kappa shape index (κ2) is 5.67. The van der Waals surface area contributed by atoms with Crippen LogP contribution < -0.4 is 4.74 Å². The number of hydrogen-bond donors (Lipinski definition) is 0. The van der Waals surface area contributed by atoms with Crippen LogP contribution in [-0.2, 0) is 0 Å². The molecule has 3 heteroatoms. The van der Waals surface area contributed by atoms with E-state index in [2.05, 4.69) is 19.9 Å². The Morgan fingerprint density at radius 1 is 1.27 bits per heavy atom. The van der Waals surface area contributed by atoms with E-state index in [1.165, 1.54) is 0 Å². The summed E-state index contributed by atoms with van der Waals surface area (Å²) in [5.41, 5.74) is 0. The summed E-state index contributed by atoms with van der Waals surface area (Å²) in [6.07, 6.45) is 0. The van der Waals surface area contributed by atoms with Gasteiger partial charge in [-0.15, -0.1) is 11.8 Å². The highest BCUT2D eigenvalue weighted by molar-refractivity contribution is 8.00. The molecule has 0 bridgehead atoms. The topological polar surface area (TPSA) is 33.0 Å². The van der Waals surface area contributed by atoms with Crippen LogP contribution in [0.1, 0.15) is 13.8 Å². The lowest BCUT2D eigenvalue weighted by Crippen LogP contribution is -2.07. The van der Waals surface area contributed by atoms with Crippen molar-refractivity contribution in [1.29, 1.82) is 5.26 Å². The Hall–Kier alpha value is -1.14. The molecule has 0 aromatic heterocycles. The molecule has 0 aliphatic carbocycles. The average molecular weight is 221 g/mol. The van der Waals surface area contributed by atoms with Gasteiger partial charge in [-0.1, -0.05) is 13.8 Å². The van der Waals surface area contributed by atoms with Crippen molar-refractivity contribution in [3.8, 4) is 11.8 Å². The van der Waals surface area contributed by atoms with Crippen LogP contribution in [0.2, 0.25) is 0 Å². The fraction of sp³-hybridized carbons (Fsp3) is 0.417. The van der Waals surface area contributed by atoms with Crippen LogP contribution in [0.3, 0.4) is 0 Å². The molecular formula is C12H15NOS. The van der Waals surface area contributed by atoms with Crippen LogP contribution in [0.4, 0.5) is 0 Å². The van der Waals surface area contributed by atoms with Gasteiger partial charge in [0, 0.05) is 4.90 Å². The second-order valence-electron chi connectivity index (χ2n) is 3.59. The smallest absolute Gasteiger partial charge is 0.118 e. The molecule has 1 aromatic rings. The zero-order valence-electron chi connectivity index (χ0n) is 9.23. The molecule has 1 rings (SSSR count). The minimum Gasteiger partial charge on any atom is -0.497 e. The lowest BCUT2D eigenvalue weighted by molar-refractivity contribution is 0.414. The molecule has 80 valence electrons. The summed E-state index contributed by atoms with van der Waals surface area (Å²) >= 11 is 1.60. The summed E-state index contributed by atoms with van der Waals surface area (Å²) < 4.78 is 5.07. The van der Waals surface area contributed by atoms with Crippen molar-refractivity contribution in [2.24, 2.45) is 5.92 Å². The first-order chi connectivity index (χ1) is 7.17. The van der Waals surface area contributed by atoms with Gasteiger partial charge < -0.3 is 4.74 Å². The van der Waals surface area contributed by atoms with Crippen molar-refractivity contribution in [2.75, 3.05) is 7.11 Å². The van der Waals surface area contributed by atoms with E-state index in [1.54, 1.807) is 18.9 Å². The molecule has 0 fully saturated rings. The van der Waals surface area contributed by atoms with Crippen LogP contribution >= 0.6 is 11.8 Å². The highest BCUT2D eigenvalue weighted by atomic mass is 32.2. The monoisotopic (exact) mass is 221 g/mol. The molecule has 0 heterocycles. The first-order valence-electron chi connectivity index (χ1n) is 4.87. The highest BCUT2D eigenvalue weighted by Crippen LogP contribution is 2.28. The molecule has 0 amide bonds. The maximum absolute atomic E-state index is 8.96. The van der Waals surface area contributed by atoms with Gasteiger partial charge in [-0.2, -0.15) is 5.26 Å². The van der Waals surface area contributed by atoms with E-state index in [4.69, 9.17) is 10.00 Å². The molecule has 0 radical (unpaired) electrons. The number of nitrogens with zero attached hydrogens (tertiary/aromatic N) is 1. The SMILES string of the molecule is COc1ccc(SC(C#N)C(C)C)cc1. The fourth-order valence-electron chi connectivity index (χ4n) is 1.11. The van der Waals surface area contributed by atoms with Crippen LogP contribution in [0.25, 0.3) is 0 Å². The maximum atomic E-state index is 8.96. The molecular weight excluding hydrogens is 206 g/mol. The van der Waals surface area contributed by atoms with Crippen molar-refractivity contribution in [3.05, 3.63) is 24.3 Å². The zero-order valence-corrected chi connectivity index (χ0v) is 10.0. The van der Waals surface area contributed by atoms with Gasteiger partial charge in [0.15, 0.2) is 0 Å². The van der Waals surface area contributed by atoms with Crippen molar-refractivity contribution in [1.82, 2.24) is 0 Å². The van der Waals surface area contributed by atoms with Gasteiger partial charge in [0.05, 0.1) is 18.4 Å². The lowest BCUT2D eigenvalue weighted by atomic mass is 10.1. The van der Waals surface area contributed by atoms with Gasteiger partial charge in [-0.25, -0.2) is 0 Å². The maximum Gasteiger partial charge on any atom is 0.118 e. The predicted octanol–water partition coefficient (Wildman–Crippen LogP) is 3.34. The third-order valence-corrected chi connectivity index (χ3v) is 3.50. The van der Waals surface area contributed by atoms with E-state index in [0.29, 0.717) is 5.92 Å². The normalized spacial score (nSPS) is 12.2. The van der Waals surface area contributed by atoms with E-state index in [9.17, 15) is 0 Å². The number of hydrogen-bond acceptors (Lipinski definition) is 3. The molecule has 15 heavy (non-hydrogen) atoms. The summed E-state index contributed by atoms with van der Waals surface area (Å²) in [6.45, 7) is 4.12. The molecule has 0 saturated heterocycles. The average Bonchev–Trinajstić information content (AvgIpc) is 2.26. The first-order valence-corrected chi connectivity index (χ1v) is 5.75. The minimum atomic E-state index is 0.0124. The molecule has 0 saturated carbocycles. The van der Waals surface area contributed by atoms with Crippen molar-refractivity contribution in [2.45, 2.75) is 24.0 Å². The van der Waals surface area contributed by atoms with Gasteiger partial charge in [0.2, 0.25) is 0 Å². The molecule has 1 aromatic carbocycles. The molecule has 0 spiro atoms. The highest BCUT2D eigenvalue weighted by Gasteiger charge is 2.13. The van der Waals surface area contributed by atoms with Crippen LogP contribution in [0.15, 0.2) is 29.2 Å². The summed E-state index contributed by atoms with van der Waals surface area (Å²) in [5, 5.41) is 8.98.